The van der Waals surface area contributed by atoms with E-state index in [2.05, 4.69) is 21.1 Å². The molecule has 0 aliphatic heterocycles. The van der Waals surface area contributed by atoms with Crippen LogP contribution in [0.15, 0.2) is 40.9 Å². The lowest BCUT2D eigenvalue weighted by Crippen LogP contribution is -2.35. The van der Waals surface area contributed by atoms with Crippen LogP contribution >= 0.6 is 0 Å². The van der Waals surface area contributed by atoms with Crippen LogP contribution in [-0.2, 0) is 11.2 Å². The zero-order chi connectivity index (χ0) is 23.7. The Labute approximate surface area is 194 Å². The summed E-state index contributed by atoms with van der Waals surface area (Å²) < 4.78 is 11.3. The summed E-state index contributed by atoms with van der Waals surface area (Å²) in [6, 6.07) is 11.8. The fourth-order valence-corrected chi connectivity index (χ4v) is 4.26. The first-order valence-corrected chi connectivity index (χ1v) is 11.2. The molecule has 1 heterocycles. The van der Waals surface area contributed by atoms with Crippen molar-refractivity contribution in [3.8, 4) is 28.6 Å². The maximum atomic E-state index is 12.2. The number of carbonyl (C=O) groups excluding carboxylic acids is 1. The number of aromatic nitrogens is 2. The summed E-state index contributed by atoms with van der Waals surface area (Å²) in [6.07, 6.45) is 1.88. The third-order valence-corrected chi connectivity index (χ3v) is 5.94. The first-order valence-electron chi connectivity index (χ1n) is 11.2. The van der Waals surface area contributed by atoms with Gasteiger partial charge in [0.05, 0.1) is 18.3 Å². The molecule has 1 aliphatic rings. The van der Waals surface area contributed by atoms with Gasteiger partial charge in [-0.25, -0.2) is 0 Å². The second kappa shape index (κ2) is 9.23. The molecule has 0 spiro atoms. The highest BCUT2D eigenvalue weighted by atomic mass is 16.5. The van der Waals surface area contributed by atoms with Gasteiger partial charge in [0.25, 0.3) is 5.89 Å². The van der Waals surface area contributed by atoms with E-state index < -0.39 is 0 Å². The van der Waals surface area contributed by atoms with E-state index in [0.29, 0.717) is 29.7 Å². The number of amides is 1. The number of hydrogen-bond acceptors (Lipinski definition) is 7. The molecule has 0 fully saturated rings. The molecule has 33 heavy (non-hydrogen) atoms. The molecule has 2 aromatic carbocycles. The monoisotopic (exact) mass is 449 g/mol. The number of likely N-dealkylation sites (N-methyl/N-ethyl adjacent to an activating group) is 2. The van der Waals surface area contributed by atoms with E-state index in [1.807, 2.05) is 45.2 Å². The molecule has 1 aromatic heterocycles. The Kier molecular flexibility index (Phi) is 6.37. The van der Waals surface area contributed by atoms with Crippen LogP contribution in [0.3, 0.4) is 0 Å². The van der Waals surface area contributed by atoms with Gasteiger partial charge in [-0.2, -0.15) is 4.98 Å². The number of nitrogen functional groups attached to an aromatic ring is 1. The Morgan fingerprint density at radius 1 is 1.24 bits per heavy atom. The average Bonchev–Trinajstić information content (AvgIpc) is 3.42. The Morgan fingerprint density at radius 2 is 2.03 bits per heavy atom. The Hall–Kier alpha value is -3.39. The third-order valence-electron chi connectivity index (χ3n) is 5.94. The van der Waals surface area contributed by atoms with E-state index in [0.717, 1.165) is 24.0 Å². The number of hydrogen-bond donors (Lipinski definition) is 1. The van der Waals surface area contributed by atoms with E-state index in [1.54, 1.807) is 25.1 Å². The highest BCUT2D eigenvalue weighted by Gasteiger charge is 2.30. The molecular formula is C25H31N5O3. The summed E-state index contributed by atoms with van der Waals surface area (Å²) in [5, 5.41) is 4.25. The van der Waals surface area contributed by atoms with Crippen LogP contribution in [0.5, 0.6) is 5.75 Å². The van der Waals surface area contributed by atoms with Crippen molar-refractivity contribution < 1.29 is 14.1 Å². The second-order valence-corrected chi connectivity index (χ2v) is 8.97. The van der Waals surface area contributed by atoms with Gasteiger partial charge < -0.3 is 19.9 Å². The summed E-state index contributed by atoms with van der Waals surface area (Å²) in [4.78, 5) is 20.6. The third kappa shape index (κ3) is 4.71. The van der Waals surface area contributed by atoms with Crippen molar-refractivity contribution >= 4 is 11.6 Å². The summed E-state index contributed by atoms with van der Waals surface area (Å²) in [5.41, 5.74) is 10.8. The van der Waals surface area contributed by atoms with E-state index in [4.69, 9.17) is 15.0 Å². The van der Waals surface area contributed by atoms with E-state index in [9.17, 15) is 4.79 Å². The van der Waals surface area contributed by atoms with Gasteiger partial charge >= 0.3 is 0 Å². The van der Waals surface area contributed by atoms with Gasteiger partial charge in [0.1, 0.15) is 5.75 Å². The zero-order valence-corrected chi connectivity index (χ0v) is 19.8. The van der Waals surface area contributed by atoms with Crippen molar-refractivity contribution in [1.29, 1.82) is 0 Å². The number of carbonyl (C=O) groups is 1. The average molecular weight is 450 g/mol. The minimum Gasteiger partial charge on any atom is -0.489 e. The van der Waals surface area contributed by atoms with Gasteiger partial charge in [0, 0.05) is 31.3 Å². The SMILES string of the molecule is CC(C)Oc1ccc(-c2nc(-c3cccc4c3CC[C@@H]4N(C)CC(=O)N(C)C)no2)cc1N. The minimum absolute atomic E-state index is 0.0391. The van der Waals surface area contributed by atoms with Crippen molar-refractivity contribution in [3.05, 3.63) is 47.5 Å². The number of nitrogens with two attached hydrogens (primary N) is 1. The van der Waals surface area contributed by atoms with Crippen LogP contribution in [0.2, 0.25) is 0 Å². The first kappa shape index (κ1) is 22.8. The molecule has 2 N–H and O–H groups in total. The quantitative estimate of drug-likeness (QED) is 0.548. The lowest BCUT2D eigenvalue weighted by atomic mass is 10.0. The molecule has 0 saturated carbocycles. The van der Waals surface area contributed by atoms with Crippen molar-refractivity contribution in [2.24, 2.45) is 0 Å². The van der Waals surface area contributed by atoms with E-state index >= 15 is 0 Å². The molecule has 1 aliphatic carbocycles. The van der Waals surface area contributed by atoms with Gasteiger partial charge in [0.15, 0.2) is 0 Å². The standard InChI is InChI=1S/C25H31N5O3/c1-15(2)32-22-12-9-16(13-20(22)26)25-27-24(28-33-25)19-8-6-7-18-17(19)10-11-21(18)30(5)14-23(31)29(3)4/h6-9,12-13,15,21H,10-11,14,26H2,1-5H3/t21-/m0/s1. The summed E-state index contributed by atoms with van der Waals surface area (Å²) in [7, 11) is 5.56. The predicted octanol–water partition coefficient (Wildman–Crippen LogP) is 3.78. The van der Waals surface area contributed by atoms with Gasteiger partial charge in [0.2, 0.25) is 11.7 Å². The predicted molar refractivity (Wildman–Crippen MR) is 128 cm³/mol. The van der Waals surface area contributed by atoms with E-state index in [1.165, 1.54) is 11.1 Å². The molecule has 0 saturated heterocycles. The molecule has 0 unspecified atom stereocenters. The highest BCUT2D eigenvalue weighted by molar-refractivity contribution is 5.77. The highest BCUT2D eigenvalue weighted by Crippen LogP contribution is 2.40. The summed E-state index contributed by atoms with van der Waals surface area (Å²) in [5.74, 6) is 1.69. The molecule has 0 bridgehead atoms. The Morgan fingerprint density at radius 3 is 2.73 bits per heavy atom. The Bertz CT molecular complexity index is 1150. The molecule has 1 atom stereocenters. The van der Waals surface area contributed by atoms with Crippen molar-refractivity contribution in [1.82, 2.24) is 19.9 Å². The molecule has 3 aromatic rings. The summed E-state index contributed by atoms with van der Waals surface area (Å²) in [6.45, 7) is 4.29. The molecule has 0 radical (unpaired) electrons. The van der Waals surface area contributed by atoms with Crippen molar-refractivity contribution in [2.75, 3.05) is 33.4 Å². The van der Waals surface area contributed by atoms with Gasteiger partial charge in [-0.3, -0.25) is 9.69 Å². The molecule has 174 valence electrons. The molecular weight excluding hydrogens is 418 g/mol. The maximum Gasteiger partial charge on any atom is 0.258 e. The van der Waals surface area contributed by atoms with Crippen LogP contribution in [0.25, 0.3) is 22.8 Å². The molecule has 8 heteroatoms. The number of fused-ring (bicyclic) bond motifs is 1. The number of benzene rings is 2. The normalized spacial score (nSPS) is 15.2. The Balaban J connectivity index is 1.58. The van der Waals surface area contributed by atoms with E-state index in [-0.39, 0.29) is 18.1 Å². The van der Waals surface area contributed by atoms with Crippen LogP contribution in [0.1, 0.15) is 37.4 Å². The topological polar surface area (TPSA) is 97.7 Å². The fraction of sp³-hybridized carbons (Fsp3) is 0.400. The van der Waals surface area contributed by atoms with Gasteiger partial charge in [-0.1, -0.05) is 23.4 Å². The summed E-state index contributed by atoms with van der Waals surface area (Å²) >= 11 is 0. The van der Waals surface area contributed by atoms with Crippen LogP contribution < -0.4 is 10.5 Å². The lowest BCUT2D eigenvalue weighted by Gasteiger charge is -2.26. The minimum atomic E-state index is 0.0391. The molecule has 1 amide bonds. The maximum absolute atomic E-state index is 12.2. The largest absolute Gasteiger partial charge is 0.489 e. The number of rotatable bonds is 7. The van der Waals surface area contributed by atoms with Crippen LogP contribution in [0, 0.1) is 0 Å². The smallest absolute Gasteiger partial charge is 0.258 e. The van der Waals surface area contributed by atoms with Crippen LogP contribution in [-0.4, -0.2) is 59.6 Å². The number of anilines is 1. The number of nitrogens with zero attached hydrogens (tertiary/aromatic N) is 4. The van der Waals surface area contributed by atoms with Crippen molar-refractivity contribution in [2.45, 2.75) is 38.8 Å². The zero-order valence-electron chi connectivity index (χ0n) is 19.8. The second-order valence-electron chi connectivity index (χ2n) is 8.97. The molecule has 4 rings (SSSR count). The van der Waals surface area contributed by atoms with Gasteiger partial charge in [-0.05, 0) is 63.1 Å². The van der Waals surface area contributed by atoms with Gasteiger partial charge in [-0.15, -0.1) is 0 Å². The lowest BCUT2D eigenvalue weighted by molar-refractivity contribution is -0.130. The van der Waals surface area contributed by atoms with Crippen molar-refractivity contribution in [3.63, 3.8) is 0 Å². The molecule has 8 nitrogen and oxygen atoms in total. The number of ether oxygens (including phenoxy) is 1. The van der Waals surface area contributed by atoms with Crippen LogP contribution in [0.4, 0.5) is 5.69 Å². The first-order chi connectivity index (χ1) is 15.7. The fourth-order valence-electron chi connectivity index (χ4n) is 4.26.